The maximum Gasteiger partial charge on any atom is 0.226 e. The molecule has 1 atom stereocenters. The highest BCUT2D eigenvalue weighted by atomic mass is 127. The topological polar surface area (TPSA) is 78.6 Å². The maximum atomic E-state index is 5.32. The number of thiophene rings is 1. The average Bonchev–Trinajstić information content (AvgIpc) is 3.48. The van der Waals surface area contributed by atoms with Crippen molar-refractivity contribution in [3.05, 3.63) is 34.1 Å². The Balaban J connectivity index is 0.00000320. The van der Waals surface area contributed by atoms with Gasteiger partial charge < -0.3 is 15.2 Å². The summed E-state index contributed by atoms with van der Waals surface area (Å²) in [6.07, 6.45) is 4.28. The number of aliphatic imine (C=N–C) groups is 1. The third-order valence-electron chi connectivity index (χ3n) is 5.08. The minimum Gasteiger partial charge on any atom is -0.357 e. The molecule has 0 spiro atoms. The van der Waals surface area contributed by atoms with E-state index in [0.717, 1.165) is 44.3 Å². The van der Waals surface area contributed by atoms with Crippen LogP contribution < -0.4 is 10.6 Å². The molecule has 0 bridgehead atoms. The van der Waals surface area contributed by atoms with E-state index >= 15 is 0 Å². The fourth-order valence-corrected chi connectivity index (χ4v) is 4.34. The molecule has 3 rings (SSSR count). The number of aryl methyl sites for hydroxylation is 1. The van der Waals surface area contributed by atoms with Crippen molar-refractivity contribution in [3.63, 3.8) is 0 Å². The van der Waals surface area contributed by atoms with Crippen LogP contribution in [0.4, 0.5) is 0 Å². The Morgan fingerprint density at radius 3 is 2.73 bits per heavy atom. The van der Waals surface area contributed by atoms with Gasteiger partial charge in [-0.25, -0.2) is 0 Å². The molecule has 0 saturated carbocycles. The van der Waals surface area contributed by atoms with Gasteiger partial charge in [-0.05, 0) is 50.7 Å². The van der Waals surface area contributed by atoms with E-state index in [1.807, 2.05) is 11.3 Å². The SMILES string of the molecule is CCNC(=NCC(c1cccs1)N1CCCC1)NCCCc1nc(C(C)C)no1.I. The molecule has 1 saturated heterocycles. The number of nitrogens with one attached hydrogen (secondary N) is 2. The third kappa shape index (κ3) is 7.49. The minimum atomic E-state index is 0. The van der Waals surface area contributed by atoms with Gasteiger partial charge in [0, 0.05) is 30.3 Å². The van der Waals surface area contributed by atoms with Gasteiger partial charge in [-0.2, -0.15) is 4.98 Å². The minimum absolute atomic E-state index is 0. The van der Waals surface area contributed by atoms with Gasteiger partial charge in [0.1, 0.15) is 0 Å². The van der Waals surface area contributed by atoms with Gasteiger partial charge in [-0.1, -0.05) is 25.1 Å². The Labute approximate surface area is 201 Å². The zero-order valence-corrected chi connectivity index (χ0v) is 21.4. The van der Waals surface area contributed by atoms with Crippen LogP contribution in [0.2, 0.25) is 0 Å². The van der Waals surface area contributed by atoms with Crippen LogP contribution in [0.5, 0.6) is 0 Å². The molecule has 0 amide bonds. The molecule has 1 aliphatic rings. The van der Waals surface area contributed by atoms with E-state index in [2.05, 4.69) is 64.0 Å². The van der Waals surface area contributed by atoms with Gasteiger partial charge in [0.05, 0.1) is 12.6 Å². The van der Waals surface area contributed by atoms with Gasteiger partial charge in [0.25, 0.3) is 0 Å². The first-order chi connectivity index (χ1) is 14.2. The second-order valence-electron chi connectivity index (χ2n) is 7.73. The zero-order chi connectivity index (χ0) is 20.5. The van der Waals surface area contributed by atoms with Crippen molar-refractivity contribution in [2.24, 2.45) is 4.99 Å². The summed E-state index contributed by atoms with van der Waals surface area (Å²) in [6.45, 7) is 11.0. The first-order valence-corrected chi connectivity index (χ1v) is 11.7. The summed E-state index contributed by atoms with van der Waals surface area (Å²) in [5, 5.41) is 13.0. The molecule has 2 N–H and O–H groups in total. The lowest BCUT2D eigenvalue weighted by Gasteiger charge is -2.25. The standard InChI is InChI=1S/C21H34N6OS.HI/c1-4-22-21(23-11-7-10-19-25-20(16(2)3)26-28-19)24-15-17(18-9-8-14-29-18)27-12-5-6-13-27;/h8-9,14,16-17H,4-7,10-13,15H2,1-3H3,(H2,22,23,24);1H. The molecule has 2 aromatic rings. The number of nitrogens with zero attached hydrogens (tertiary/aromatic N) is 4. The Kier molecular flexibility index (Phi) is 11.1. The lowest BCUT2D eigenvalue weighted by atomic mass is 10.2. The van der Waals surface area contributed by atoms with E-state index in [4.69, 9.17) is 9.52 Å². The summed E-state index contributed by atoms with van der Waals surface area (Å²) < 4.78 is 5.32. The molecule has 3 heterocycles. The van der Waals surface area contributed by atoms with Crippen LogP contribution in [0, 0.1) is 0 Å². The number of halogens is 1. The third-order valence-corrected chi connectivity index (χ3v) is 6.05. The molecule has 2 aromatic heterocycles. The normalized spacial score (nSPS) is 15.9. The molecule has 0 aromatic carbocycles. The lowest BCUT2D eigenvalue weighted by molar-refractivity contribution is 0.255. The molecule has 1 aliphatic heterocycles. The smallest absolute Gasteiger partial charge is 0.226 e. The number of aromatic nitrogens is 2. The number of likely N-dealkylation sites (tertiary alicyclic amines) is 1. The van der Waals surface area contributed by atoms with Crippen molar-refractivity contribution >= 4 is 41.3 Å². The number of hydrogen-bond acceptors (Lipinski definition) is 6. The summed E-state index contributed by atoms with van der Waals surface area (Å²) in [4.78, 5) is 13.3. The Morgan fingerprint density at radius 1 is 1.30 bits per heavy atom. The van der Waals surface area contributed by atoms with Crippen LogP contribution in [0.25, 0.3) is 0 Å². The summed E-state index contributed by atoms with van der Waals surface area (Å²) in [7, 11) is 0. The zero-order valence-electron chi connectivity index (χ0n) is 18.3. The highest BCUT2D eigenvalue weighted by molar-refractivity contribution is 14.0. The average molecular weight is 547 g/mol. The van der Waals surface area contributed by atoms with Gasteiger partial charge in [-0.15, -0.1) is 35.3 Å². The molecule has 9 heteroatoms. The van der Waals surface area contributed by atoms with Gasteiger partial charge in [-0.3, -0.25) is 9.89 Å². The molecule has 7 nitrogen and oxygen atoms in total. The van der Waals surface area contributed by atoms with Crippen LogP contribution in [0.3, 0.4) is 0 Å². The van der Waals surface area contributed by atoms with E-state index in [-0.39, 0.29) is 24.0 Å². The van der Waals surface area contributed by atoms with Gasteiger partial charge >= 0.3 is 0 Å². The Morgan fingerprint density at radius 2 is 2.10 bits per heavy atom. The van der Waals surface area contributed by atoms with Crippen LogP contribution in [-0.2, 0) is 6.42 Å². The monoisotopic (exact) mass is 546 g/mol. The molecular weight excluding hydrogens is 511 g/mol. The summed E-state index contributed by atoms with van der Waals surface area (Å²) in [5.41, 5.74) is 0. The van der Waals surface area contributed by atoms with E-state index in [1.165, 1.54) is 30.8 Å². The molecule has 1 fully saturated rings. The van der Waals surface area contributed by atoms with Crippen molar-refractivity contribution < 1.29 is 4.52 Å². The van der Waals surface area contributed by atoms with Crippen LogP contribution >= 0.6 is 35.3 Å². The second kappa shape index (κ2) is 13.3. The first-order valence-electron chi connectivity index (χ1n) is 10.8. The molecule has 1 unspecified atom stereocenters. The lowest BCUT2D eigenvalue weighted by Crippen LogP contribution is -2.39. The van der Waals surface area contributed by atoms with Crippen molar-refractivity contribution in [2.75, 3.05) is 32.7 Å². The predicted octanol–water partition coefficient (Wildman–Crippen LogP) is 4.20. The second-order valence-corrected chi connectivity index (χ2v) is 8.70. The highest BCUT2D eigenvalue weighted by Gasteiger charge is 2.24. The highest BCUT2D eigenvalue weighted by Crippen LogP contribution is 2.28. The quantitative estimate of drug-likeness (QED) is 0.201. The molecule has 0 radical (unpaired) electrons. The first kappa shape index (κ1) is 25.1. The molecule has 0 aliphatic carbocycles. The molecular formula is C21H35IN6OS. The van der Waals surface area contributed by atoms with E-state index in [0.29, 0.717) is 17.9 Å². The summed E-state index contributed by atoms with van der Waals surface area (Å²) in [6, 6.07) is 4.75. The van der Waals surface area contributed by atoms with Gasteiger partial charge in [0.15, 0.2) is 11.8 Å². The van der Waals surface area contributed by atoms with Crippen LogP contribution in [0.1, 0.15) is 68.6 Å². The van der Waals surface area contributed by atoms with Crippen molar-refractivity contribution in [3.8, 4) is 0 Å². The maximum absolute atomic E-state index is 5.32. The van der Waals surface area contributed by atoms with Crippen LogP contribution in [-0.4, -0.2) is 53.7 Å². The number of rotatable bonds is 10. The molecule has 168 valence electrons. The number of guanidine groups is 1. The predicted molar refractivity (Wildman–Crippen MR) is 134 cm³/mol. The fourth-order valence-electron chi connectivity index (χ4n) is 3.49. The summed E-state index contributed by atoms with van der Waals surface area (Å²) in [5.74, 6) is 2.67. The van der Waals surface area contributed by atoms with E-state index < -0.39 is 0 Å². The largest absolute Gasteiger partial charge is 0.357 e. The van der Waals surface area contributed by atoms with E-state index in [1.54, 1.807) is 0 Å². The van der Waals surface area contributed by atoms with Crippen molar-refractivity contribution in [2.45, 2.75) is 58.4 Å². The van der Waals surface area contributed by atoms with Crippen LogP contribution in [0.15, 0.2) is 27.0 Å². The molecule has 30 heavy (non-hydrogen) atoms. The Bertz CT molecular complexity index is 743. The van der Waals surface area contributed by atoms with Crippen molar-refractivity contribution in [1.29, 1.82) is 0 Å². The van der Waals surface area contributed by atoms with Gasteiger partial charge in [0.2, 0.25) is 5.89 Å². The number of hydrogen-bond donors (Lipinski definition) is 2. The Hall–Kier alpha value is -1.20. The summed E-state index contributed by atoms with van der Waals surface area (Å²) >= 11 is 1.83. The van der Waals surface area contributed by atoms with E-state index in [9.17, 15) is 0 Å². The van der Waals surface area contributed by atoms with Crippen molar-refractivity contribution in [1.82, 2.24) is 25.7 Å². The fraction of sp³-hybridized carbons (Fsp3) is 0.667.